The van der Waals surface area contributed by atoms with Crippen LogP contribution in [-0.4, -0.2) is 65.6 Å². The first-order valence-corrected chi connectivity index (χ1v) is 10.1. The lowest BCUT2D eigenvalue weighted by Gasteiger charge is -2.35. The third-order valence-electron chi connectivity index (χ3n) is 5.35. The summed E-state index contributed by atoms with van der Waals surface area (Å²) in [5, 5.41) is 11.2. The second-order valence-electron chi connectivity index (χ2n) is 7.04. The summed E-state index contributed by atoms with van der Waals surface area (Å²) in [6.45, 7) is -0.301. The molecular weight excluding hydrogens is 390 g/mol. The van der Waals surface area contributed by atoms with Crippen LogP contribution in [0.15, 0.2) is 23.1 Å². The Labute approximate surface area is 160 Å². The Morgan fingerprint density at radius 1 is 1.18 bits per heavy atom. The van der Waals surface area contributed by atoms with Crippen LogP contribution in [-0.2, 0) is 31.0 Å². The number of imide groups is 1. The normalized spacial score (nSPS) is 23.4. The molecule has 1 aromatic rings. The number of aliphatic carboxylic acids is 1. The fourth-order valence-corrected chi connectivity index (χ4v) is 5.50. The minimum Gasteiger partial charge on any atom is -0.481 e. The topological polar surface area (TPSA) is 141 Å². The molecule has 3 aliphatic heterocycles. The Balaban J connectivity index is 1.63. The van der Waals surface area contributed by atoms with E-state index in [9.17, 15) is 27.6 Å². The number of carbonyl (C=O) groups excluding carboxylic acids is 3. The third-order valence-corrected chi connectivity index (χ3v) is 7.27. The highest BCUT2D eigenvalue weighted by atomic mass is 32.2. The predicted octanol–water partition coefficient (Wildman–Crippen LogP) is -0.847. The molecular formula is C17H17N3O7S. The van der Waals surface area contributed by atoms with Gasteiger partial charge in [0, 0.05) is 37.2 Å². The summed E-state index contributed by atoms with van der Waals surface area (Å²) in [7, 11) is -3.96. The summed E-state index contributed by atoms with van der Waals surface area (Å²) >= 11 is 0. The van der Waals surface area contributed by atoms with Crippen LogP contribution in [0.3, 0.4) is 0 Å². The van der Waals surface area contributed by atoms with Gasteiger partial charge in [-0.2, -0.15) is 4.31 Å². The molecule has 4 rings (SSSR count). The van der Waals surface area contributed by atoms with Crippen molar-refractivity contribution in [3.05, 3.63) is 29.3 Å². The van der Waals surface area contributed by atoms with Gasteiger partial charge in [-0.05, 0) is 18.6 Å². The van der Waals surface area contributed by atoms with E-state index >= 15 is 0 Å². The van der Waals surface area contributed by atoms with Gasteiger partial charge >= 0.3 is 5.97 Å². The first-order chi connectivity index (χ1) is 13.2. The fraction of sp³-hybridized carbons (Fsp3) is 0.412. The molecule has 0 spiro atoms. The molecule has 1 unspecified atom stereocenters. The zero-order valence-corrected chi connectivity index (χ0v) is 15.4. The molecule has 1 aromatic carbocycles. The third kappa shape index (κ3) is 2.78. The van der Waals surface area contributed by atoms with Crippen molar-refractivity contribution in [2.75, 3.05) is 13.1 Å². The van der Waals surface area contributed by atoms with Gasteiger partial charge < -0.3 is 10.0 Å². The highest BCUT2D eigenvalue weighted by Crippen LogP contribution is 2.34. The lowest BCUT2D eigenvalue weighted by atomic mass is 10.0. The maximum atomic E-state index is 12.9. The van der Waals surface area contributed by atoms with Crippen molar-refractivity contribution in [2.45, 2.75) is 30.3 Å². The van der Waals surface area contributed by atoms with Gasteiger partial charge in [0.1, 0.15) is 6.04 Å². The zero-order chi connectivity index (χ0) is 20.2. The molecule has 0 saturated carbocycles. The second-order valence-corrected chi connectivity index (χ2v) is 8.95. The van der Waals surface area contributed by atoms with Crippen LogP contribution in [0.2, 0.25) is 0 Å². The summed E-state index contributed by atoms with van der Waals surface area (Å²) in [6.07, 6.45) is 0.283. The van der Waals surface area contributed by atoms with E-state index in [1.165, 1.54) is 23.1 Å². The molecule has 0 bridgehead atoms. The van der Waals surface area contributed by atoms with E-state index < -0.39 is 45.7 Å². The Morgan fingerprint density at radius 3 is 2.54 bits per heavy atom. The molecule has 3 amide bonds. The van der Waals surface area contributed by atoms with Gasteiger partial charge in [-0.3, -0.25) is 24.5 Å². The Kier molecular flexibility index (Phi) is 4.23. The van der Waals surface area contributed by atoms with Crippen LogP contribution in [0.1, 0.15) is 28.8 Å². The highest BCUT2D eigenvalue weighted by Gasteiger charge is 2.45. The number of carboxylic acids is 1. The van der Waals surface area contributed by atoms with Crippen LogP contribution in [0.5, 0.6) is 0 Å². The summed E-state index contributed by atoms with van der Waals surface area (Å²) in [5.74, 6) is -3.24. The number of piperidine rings is 1. The van der Waals surface area contributed by atoms with Crippen molar-refractivity contribution in [2.24, 2.45) is 5.92 Å². The quantitative estimate of drug-likeness (QED) is 0.620. The number of carbonyl (C=O) groups is 4. The SMILES string of the molecule is O=C1CCC(N2Cc3c(cccc3S(=O)(=O)N3CC(C(=O)O)C3)C2=O)C(=O)N1. The Bertz CT molecular complexity index is 1010. The van der Waals surface area contributed by atoms with Crippen LogP contribution in [0, 0.1) is 5.92 Å². The molecule has 2 fully saturated rings. The highest BCUT2D eigenvalue weighted by molar-refractivity contribution is 7.89. The number of hydrogen-bond donors (Lipinski definition) is 2. The summed E-state index contributed by atoms with van der Waals surface area (Å²) in [5.41, 5.74) is 0.483. The molecule has 0 aliphatic carbocycles. The molecule has 2 saturated heterocycles. The van der Waals surface area contributed by atoms with Gasteiger partial charge in [0.05, 0.1) is 10.8 Å². The van der Waals surface area contributed by atoms with E-state index in [0.29, 0.717) is 0 Å². The average Bonchev–Trinajstić information content (AvgIpc) is 2.89. The van der Waals surface area contributed by atoms with E-state index in [-0.39, 0.29) is 48.5 Å². The van der Waals surface area contributed by atoms with Crippen molar-refractivity contribution in [3.63, 3.8) is 0 Å². The molecule has 2 N–H and O–H groups in total. The molecule has 0 aromatic heterocycles. The Hall–Kier alpha value is -2.79. The fourth-order valence-electron chi connectivity index (χ4n) is 3.73. The summed E-state index contributed by atoms with van der Waals surface area (Å²) in [6, 6.07) is 3.49. The Morgan fingerprint density at radius 2 is 1.89 bits per heavy atom. The number of nitrogens with one attached hydrogen (secondary N) is 1. The lowest BCUT2D eigenvalue weighted by molar-refractivity contribution is -0.145. The minimum absolute atomic E-state index is 0.0583. The van der Waals surface area contributed by atoms with E-state index in [1.54, 1.807) is 0 Å². The van der Waals surface area contributed by atoms with Gasteiger partial charge in [-0.15, -0.1) is 0 Å². The molecule has 1 atom stereocenters. The van der Waals surface area contributed by atoms with E-state index in [2.05, 4.69) is 5.32 Å². The number of carboxylic acid groups (broad SMARTS) is 1. The van der Waals surface area contributed by atoms with Crippen LogP contribution in [0.4, 0.5) is 0 Å². The van der Waals surface area contributed by atoms with Crippen molar-refractivity contribution >= 4 is 33.7 Å². The van der Waals surface area contributed by atoms with Crippen molar-refractivity contribution in [1.29, 1.82) is 0 Å². The number of nitrogens with zero attached hydrogens (tertiary/aromatic N) is 2. The first kappa shape index (κ1) is 18.6. The molecule has 28 heavy (non-hydrogen) atoms. The van der Waals surface area contributed by atoms with E-state index in [1.807, 2.05) is 0 Å². The standard InChI is InChI=1S/C17H17N3O7S/c21-14-5-4-12(15(22)18-14)20-8-11-10(16(20)23)2-1-3-13(11)28(26,27)19-6-9(7-19)17(24)25/h1-3,9,12H,4-8H2,(H,24,25)(H,18,21,22). The predicted molar refractivity (Wildman–Crippen MR) is 92.4 cm³/mol. The largest absolute Gasteiger partial charge is 0.481 e. The molecule has 148 valence electrons. The number of rotatable bonds is 4. The van der Waals surface area contributed by atoms with Gasteiger partial charge in [-0.25, -0.2) is 8.42 Å². The second kappa shape index (κ2) is 6.38. The zero-order valence-electron chi connectivity index (χ0n) is 14.6. The van der Waals surface area contributed by atoms with Gasteiger partial charge in [0.15, 0.2) is 0 Å². The summed E-state index contributed by atoms with van der Waals surface area (Å²) < 4.78 is 26.9. The van der Waals surface area contributed by atoms with Crippen LogP contribution < -0.4 is 5.32 Å². The smallest absolute Gasteiger partial charge is 0.309 e. The van der Waals surface area contributed by atoms with Gasteiger partial charge in [0.2, 0.25) is 21.8 Å². The molecule has 3 heterocycles. The van der Waals surface area contributed by atoms with Crippen molar-refractivity contribution in [3.8, 4) is 0 Å². The summed E-state index contributed by atoms with van der Waals surface area (Å²) in [4.78, 5) is 48.4. The molecule has 0 radical (unpaired) electrons. The number of hydrogen-bond acceptors (Lipinski definition) is 6. The van der Waals surface area contributed by atoms with Crippen LogP contribution >= 0.6 is 0 Å². The van der Waals surface area contributed by atoms with Crippen molar-refractivity contribution < 1.29 is 32.7 Å². The molecule has 10 nitrogen and oxygen atoms in total. The maximum Gasteiger partial charge on any atom is 0.309 e. The number of fused-ring (bicyclic) bond motifs is 1. The average molecular weight is 407 g/mol. The lowest BCUT2D eigenvalue weighted by Crippen LogP contribution is -2.53. The molecule has 3 aliphatic rings. The van der Waals surface area contributed by atoms with E-state index in [4.69, 9.17) is 5.11 Å². The number of amides is 3. The molecule has 11 heteroatoms. The van der Waals surface area contributed by atoms with Crippen molar-refractivity contribution in [1.82, 2.24) is 14.5 Å². The maximum absolute atomic E-state index is 12.9. The van der Waals surface area contributed by atoms with Crippen LogP contribution in [0.25, 0.3) is 0 Å². The number of benzene rings is 1. The van der Waals surface area contributed by atoms with E-state index in [0.717, 1.165) is 4.31 Å². The van der Waals surface area contributed by atoms with Gasteiger partial charge in [0.25, 0.3) is 5.91 Å². The number of sulfonamides is 1. The van der Waals surface area contributed by atoms with Gasteiger partial charge in [-0.1, -0.05) is 6.07 Å². The minimum atomic E-state index is -3.96. The monoisotopic (exact) mass is 407 g/mol. The first-order valence-electron chi connectivity index (χ1n) is 8.69.